The number of hydrogen-bond donors (Lipinski definition) is 0. The molecule has 0 bridgehead atoms. The molecule has 0 saturated carbocycles. The van der Waals surface area contributed by atoms with Crippen LogP contribution in [0.1, 0.15) is 37.3 Å². The Labute approximate surface area is 155 Å². The molecule has 0 N–H and O–H groups in total. The first-order chi connectivity index (χ1) is 12.6. The van der Waals surface area contributed by atoms with Crippen LogP contribution in [-0.4, -0.2) is 20.3 Å². The summed E-state index contributed by atoms with van der Waals surface area (Å²) < 4.78 is 4.97. The van der Waals surface area contributed by atoms with Gasteiger partial charge >= 0.3 is 0 Å². The molecule has 26 heavy (non-hydrogen) atoms. The summed E-state index contributed by atoms with van der Waals surface area (Å²) >= 11 is 1.56. The van der Waals surface area contributed by atoms with E-state index in [1.165, 1.54) is 10.8 Å². The zero-order valence-corrected chi connectivity index (χ0v) is 15.8. The van der Waals surface area contributed by atoms with Crippen molar-refractivity contribution in [3.63, 3.8) is 0 Å². The van der Waals surface area contributed by atoms with Gasteiger partial charge in [0, 0.05) is 24.2 Å². The highest BCUT2D eigenvalue weighted by Gasteiger charge is 2.15. The first kappa shape index (κ1) is 16.7. The Balaban J connectivity index is 1.93. The van der Waals surface area contributed by atoms with Crippen molar-refractivity contribution < 1.29 is 4.79 Å². The van der Waals surface area contributed by atoms with Crippen molar-refractivity contribution in [2.45, 2.75) is 33.4 Å². The van der Waals surface area contributed by atoms with E-state index < -0.39 is 0 Å². The van der Waals surface area contributed by atoms with Crippen LogP contribution in [0.5, 0.6) is 0 Å². The molecule has 0 aliphatic rings. The second kappa shape index (κ2) is 6.53. The van der Waals surface area contributed by atoms with Crippen molar-refractivity contribution in [3.8, 4) is 0 Å². The number of aryl methyl sites for hydroxylation is 1. The molecule has 2 heterocycles. The summed E-state index contributed by atoms with van der Waals surface area (Å²) in [5.41, 5.74) is 1.63. The molecule has 4 aromatic rings. The standard InChI is InChI=1S/C20H20N4OS/c1-4-23-16-10-9-14-7-5-6-8-15(14)18(16)26-20(23)22-19(25)17-11-12-21-24(17)13(2)3/h5-13H,4H2,1-3H3. The average molecular weight is 364 g/mol. The van der Waals surface area contributed by atoms with Gasteiger partial charge in [-0.2, -0.15) is 10.1 Å². The number of thiazole rings is 1. The van der Waals surface area contributed by atoms with Crippen LogP contribution in [0.4, 0.5) is 0 Å². The maximum Gasteiger partial charge on any atom is 0.297 e. The van der Waals surface area contributed by atoms with Crippen LogP contribution in [0.25, 0.3) is 21.0 Å². The highest BCUT2D eigenvalue weighted by atomic mass is 32.1. The molecule has 5 nitrogen and oxygen atoms in total. The van der Waals surface area contributed by atoms with Gasteiger partial charge in [-0.1, -0.05) is 41.7 Å². The fraction of sp³-hybridized carbons (Fsp3) is 0.250. The van der Waals surface area contributed by atoms with Crippen molar-refractivity contribution in [3.05, 3.63) is 59.2 Å². The fourth-order valence-corrected chi connectivity index (χ4v) is 4.46. The number of benzene rings is 2. The monoisotopic (exact) mass is 364 g/mol. The zero-order valence-electron chi connectivity index (χ0n) is 15.0. The van der Waals surface area contributed by atoms with E-state index in [1.54, 1.807) is 28.3 Å². The number of hydrogen-bond acceptors (Lipinski definition) is 3. The zero-order chi connectivity index (χ0) is 18.3. The smallest absolute Gasteiger partial charge is 0.297 e. The molecule has 132 valence electrons. The van der Waals surface area contributed by atoms with Gasteiger partial charge in [0.25, 0.3) is 5.91 Å². The van der Waals surface area contributed by atoms with E-state index in [-0.39, 0.29) is 11.9 Å². The van der Waals surface area contributed by atoms with Crippen LogP contribution in [0.2, 0.25) is 0 Å². The predicted molar refractivity (Wildman–Crippen MR) is 106 cm³/mol. The number of carbonyl (C=O) groups is 1. The Morgan fingerprint density at radius 2 is 2.00 bits per heavy atom. The number of amides is 1. The Morgan fingerprint density at radius 1 is 1.19 bits per heavy atom. The number of fused-ring (bicyclic) bond motifs is 3. The summed E-state index contributed by atoms with van der Waals surface area (Å²) in [6.45, 7) is 6.83. The lowest BCUT2D eigenvalue weighted by molar-refractivity contribution is 0.0986. The van der Waals surface area contributed by atoms with Gasteiger partial charge in [0.2, 0.25) is 0 Å². The fourth-order valence-electron chi connectivity index (χ4n) is 3.23. The van der Waals surface area contributed by atoms with Crippen LogP contribution >= 0.6 is 11.3 Å². The van der Waals surface area contributed by atoms with Gasteiger partial charge in [-0.15, -0.1) is 0 Å². The minimum Gasteiger partial charge on any atom is -0.317 e. The second-order valence-corrected chi connectivity index (χ2v) is 7.41. The lowest BCUT2D eigenvalue weighted by atomic mass is 10.1. The Bertz CT molecular complexity index is 1180. The molecule has 2 aromatic heterocycles. The number of rotatable bonds is 3. The largest absolute Gasteiger partial charge is 0.317 e. The van der Waals surface area contributed by atoms with E-state index in [0.717, 1.165) is 21.6 Å². The van der Waals surface area contributed by atoms with Gasteiger partial charge in [0.1, 0.15) is 5.69 Å². The Hall–Kier alpha value is -2.73. The van der Waals surface area contributed by atoms with Gasteiger partial charge < -0.3 is 4.57 Å². The quantitative estimate of drug-likeness (QED) is 0.541. The molecule has 0 spiro atoms. The van der Waals surface area contributed by atoms with Gasteiger partial charge in [0.05, 0.1) is 10.2 Å². The molecule has 1 amide bonds. The van der Waals surface area contributed by atoms with Crippen molar-refractivity contribution in [1.29, 1.82) is 0 Å². The van der Waals surface area contributed by atoms with Crippen LogP contribution in [0, 0.1) is 0 Å². The molecule has 2 aromatic carbocycles. The summed E-state index contributed by atoms with van der Waals surface area (Å²) in [5.74, 6) is -0.255. The molecule has 0 fully saturated rings. The Morgan fingerprint density at radius 3 is 2.77 bits per heavy atom. The predicted octanol–water partition coefficient (Wildman–Crippen LogP) is 4.39. The van der Waals surface area contributed by atoms with E-state index >= 15 is 0 Å². The summed E-state index contributed by atoms with van der Waals surface area (Å²) in [5, 5.41) is 6.62. The van der Waals surface area contributed by atoms with E-state index in [0.29, 0.717) is 5.69 Å². The summed E-state index contributed by atoms with van der Waals surface area (Å²) in [6.07, 6.45) is 1.65. The van der Waals surface area contributed by atoms with Crippen LogP contribution in [0.3, 0.4) is 0 Å². The first-order valence-electron chi connectivity index (χ1n) is 8.73. The minimum absolute atomic E-state index is 0.115. The number of aromatic nitrogens is 3. The van der Waals surface area contributed by atoms with Crippen molar-refractivity contribution in [1.82, 2.24) is 14.3 Å². The molecular weight excluding hydrogens is 344 g/mol. The maximum atomic E-state index is 12.8. The SMILES string of the molecule is CCn1c(=NC(=O)c2ccnn2C(C)C)sc2c3ccccc3ccc21. The third-order valence-corrected chi connectivity index (χ3v) is 5.59. The average Bonchev–Trinajstić information content (AvgIpc) is 3.26. The molecular formula is C20H20N4OS. The topological polar surface area (TPSA) is 52.2 Å². The molecule has 0 aliphatic carbocycles. The summed E-state index contributed by atoms with van der Waals surface area (Å²) in [6, 6.07) is 14.4. The third kappa shape index (κ3) is 2.66. The van der Waals surface area contributed by atoms with Crippen molar-refractivity contribution >= 4 is 38.2 Å². The van der Waals surface area contributed by atoms with Crippen LogP contribution < -0.4 is 4.80 Å². The lowest BCUT2D eigenvalue weighted by Crippen LogP contribution is -2.18. The van der Waals surface area contributed by atoms with Gasteiger partial charge in [0.15, 0.2) is 4.80 Å². The molecule has 0 atom stereocenters. The van der Waals surface area contributed by atoms with Crippen molar-refractivity contribution in [2.24, 2.45) is 4.99 Å². The van der Waals surface area contributed by atoms with Gasteiger partial charge in [-0.3, -0.25) is 9.48 Å². The lowest BCUT2D eigenvalue weighted by Gasteiger charge is -2.07. The highest BCUT2D eigenvalue weighted by molar-refractivity contribution is 7.17. The molecule has 6 heteroatoms. The number of carbonyl (C=O) groups excluding carboxylic acids is 1. The Kier molecular flexibility index (Phi) is 4.20. The van der Waals surface area contributed by atoms with E-state index in [4.69, 9.17) is 0 Å². The van der Waals surface area contributed by atoms with E-state index in [2.05, 4.69) is 45.8 Å². The first-order valence-corrected chi connectivity index (χ1v) is 9.55. The normalized spacial score (nSPS) is 12.5. The molecule has 0 saturated heterocycles. The number of nitrogens with zero attached hydrogens (tertiary/aromatic N) is 4. The van der Waals surface area contributed by atoms with Gasteiger partial charge in [-0.05, 0) is 38.3 Å². The van der Waals surface area contributed by atoms with Crippen molar-refractivity contribution in [2.75, 3.05) is 0 Å². The summed E-state index contributed by atoms with van der Waals surface area (Å²) in [7, 11) is 0. The molecule has 0 radical (unpaired) electrons. The molecule has 0 aliphatic heterocycles. The van der Waals surface area contributed by atoms with Gasteiger partial charge in [-0.25, -0.2) is 0 Å². The van der Waals surface area contributed by atoms with Crippen LogP contribution in [0.15, 0.2) is 53.7 Å². The van der Waals surface area contributed by atoms with Crippen LogP contribution in [-0.2, 0) is 6.54 Å². The highest BCUT2D eigenvalue weighted by Crippen LogP contribution is 2.27. The maximum absolute atomic E-state index is 12.8. The summed E-state index contributed by atoms with van der Waals surface area (Å²) in [4.78, 5) is 17.9. The molecule has 4 rings (SSSR count). The second-order valence-electron chi connectivity index (χ2n) is 6.44. The third-order valence-electron chi connectivity index (χ3n) is 4.47. The molecule has 0 unspecified atom stereocenters. The van der Waals surface area contributed by atoms with E-state index in [9.17, 15) is 4.79 Å². The minimum atomic E-state index is -0.255. The van der Waals surface area contributed by atoms with E-state index in [1.807, 2.05) is 26.0 Å².